The van der Waals surface area contributed by atoms with E-state index in [1.54, 1.807) is 17.2 Å². The van der Waals surface area contributed by atoms with Gasteiger partial charge in [0.2, 0.25) is 0 Å². The van der Waals surface area contributed by atoms with Crippen LogP contribution >= 0.6 is 11.3 Å². The molecular formula is C13H11N5OS. The Morgan fingerprint density at radius 2 is 2.30 bits per heavy atom. The van der Waals surface area contributed by atoms with Gasteiger partial charge in [-0.1, -0.05) is 12.1 Å². The number of carbonyl (C=O) groups excluding carboxylic acids is 1. The van der Waals surface area contributed by atoms with Gasteiger partial charge in [0.15, 0.2) is 5.82 Å². The van der Waals surface area contributed by atoms with Gasteiger partial charge in [0.1, 0.15) is 12.0 Å². The number of nitrogens with zero attached hydrogens (tertiary/aromatic N) is 4. The molecule has 7 heteroatoms. The van der Waals surface area contributed by atoms with E-state index in [0.29, 0.717) is 11.4 Å². The molecule has 0 spiro atoms. The molecule has 0 bridgehead atoms. The van der Waals surface area contributed by atoms with Gasteiger partial charge in [-0.25, -0.2) is 4.98 Å². The molecule has 2 aromatic heterocycles. The summed E-state index contributed by atoms with van der Waals surface area (Å²) in [5.41, 5.74) is 3.63. The third kappa shape index (κ3) is 2.43. The highest BCUT2D eigenvalue weighted by Crippen LogP contribution is 2.20. The Balaban J connectivity index is 1.85. The molecule has 1 N–H and O–H groups in total. The Bertz CT molecular complexity index is 735. The van der Waals surface area contributed by atoms with Crippen LogP contribution in [0, 0.1) is 0 Å². The number of hydrogen-bond donors (Lipinski definition) is 1. The monoisotopic (exact) mass is 285 g/mol. The molecule has 6 nitrogen and oxygen atoms in total. The van der Waals surface area contributed by atoms with E-state index in [1.165, 1.54) is 11.3 Å². The largest absolute Gasteiger partial charge is 0.321 e. The highest BCUT2D eigenvalue weighted by Gasteiger charge is 2.09. The number of carbonyl (C=O) groups is 1. The second-order valence-corrected chi connectivity index (χ2v) is 4.89. The lowest BCUT2D eigenvalue weighted by molar-refractivity contribution is 0.102. The summed E-state index contributed by atoms with van der Waals surface area (Å²) >= 11 is 1.39. The number of rotatable bonds is 3. The molecule has 3 aromatic rings. The maximum atomic E-state index is 11.9. The lowest BCUT2D eigenvalue weighted by atomic mass is 10.2. The van der Waals surface area contributed by atoms with Crippen LogP contribution in [0.25, 0.3) is 11.4 Å². The van der Waals surface area contributed by atoms with E-state index in [0.717, 1.165) is 11.4 Å². The van der Waals surface area contributed by atoms with E-state index in [4.69, 9.17) is 0 Å². The zero-order chi connectivity index (χ0) is 13.9. The predicted octanol–water partition coefficient (Wildman–Crippen LogP) is 2.19. The van der Waals surface area contributed by atoms with E-state index in [9.17, 15) is 4.79 Å². The quantitative estimate of drug-likeness (QED) is 0.800. The van der Waals surface area contributed by atoms with Gasteiger partial charge in [-0.05, 0) is 12.1 Å². The van der Waals surface area contributed by atoms with E-state index in [-0.39, 0.29) is 5.91 Å². The molecular weight excluding hydrogens is 274 g/mol. The number of hydrogen-bond acceptors (Lipinski definition) is 5. The minimum absolute atomic E-state index is 0.221. The topological polar surface area (TPSA) is 72.7 Å². The van der Waals surface area contributed by atoms with Gasteiger partial charge in [0.05, 0.1) is 5.51 Å². The van der Waals surface area contributed by atoms with Crippen LogP contribution in [0.5, 0.6) is 0 Å². The van der Waals surface area contributed by atoms with Crippen LogP contribution in [0.2, 0.25) is 0 Å². The molecule has 1 aromatic carbocycles. The fourth-order valence-corrected chi connectivity index (χ4v) is 2.33. The Labute approximate surface area is 119 Å². The van der Waals surface area contributed by atoms with Crippen LogP contribution in [-0.2, 0) is 7.05 Å². The standard InChI is InChI=1S/C13H11N5OS/c1-18-7-15-17-12(18)9-3-2-4-10(5-9)16-13(19)11-6-20-8-14-11/h2-8H,1H3,(H,16,19). The van der Waals surface area contributed by atoms with Crippen molar-refractivity contribution in [3.05, 3.63) is 47.2 Å². The normalized spacial score (nSPS) is 10.4. The fourth-order valence-electron chi connectivity index (χ4n) is 1.80. The van der Waals surface area contributed by atoms with Crippen molar-refractivity contribution in [3.63, 3.8) is 0 Å². The first-order chi connectivity index (χ1) is 9.74. The van der Waals surface area contributed by atoms with Crippen LogP contribution < -0.4 is 5.32 Å². The van der Waals surface area contributed by atoms with Gasteiger partial charge < -0.3 is 9.88 Å². The average molecular weight is 285 g/mol. The first-order valence-electron chi connectivity index (χ1n) is 5.88. The molecule has 0 saturated carbocycles. The van der Waals surface area contributed by atoms with Crippen molar-refractivity contribution in [2.75, 3.05) is 5.32 Å². The second-order valence-electron chi connectivity index (χ2n) is 4.17. The van der Waals surface area contributed by atoms with E-state index in [1.807, 2.05) is 35.9 Å². The van der Waals surface area contributed by atoms with Crippen molar-refractivity contribution >= 4 is 22.9 Å². The van der Waals surface area contributed by atoms with Gasteiger partial charge in [-0.3, -0.25) is 4.79 Å². The second kappa shape index (κ2) is 5.22. The highest BCUT2D eigenvalue weighted by molar-refractivity contribution is 7.07. The molecule has 0 aliphatic carbocycles. The summed E-state index contributed by atoms with van der Waals surface area (Å²) in [6, 6.07) is 7.46. The van der Waals surface area contributed by atoms with Crippen LogP contribution in [0.4, 0.5) is 5.69 Å². The zero-order valence-corrected chi connectivity index (χ0v) is 11.5. The van der Waals surface area contributed by atoms with E-state index < -0.39 is 0 Å². The van der Waals surface area contributed by atoms with Crippen molar-refractivity contribution < 1.29 is 4.79 Å². The summed E-state index contributed by atoms with van der Waals surface area (Å²) < 4.78 is 1.82. The van der Waals surface area contributed by atoms with Crippen LogP contribution in [-0.4, -0.2) is 25.7 Å². The Morgan fingerprint density at radius 1 is 1.40 bits per heavy atom. The molecule has 2 heterocycles. The van der Waals surface area contributed by atoms with Gasteiger partial charge in [0.25, 0.3) is 5.91 Å². The van der Waals surface area contributed by atoms with Crippen molar-refractivity contribution in [3.8, 4) is 11.4 Å². The molecule has 0 radical (unpaired) electrons. The average Bonchev–Trinajstić information content (AvgIpc) is 3.10. The number of aryl methyl sites for hydroxylation is 1. The molecule has 0 aliphatic rings. The number of aromatic nitrogens is 4. The Hall–Kier alpha value is -2.54. The molecule has 100 valence electrons. The van der Waals surface area contributed by atoms with E-state index in [2.05, 4.69) is 20.5 Å². The molecule has 0 saturated heterocycles. The fraction of sp³-hybridized carbons (Fsp3) is 0.0769. The van der Waals surface area contributed by atoms with Crippen molar-refractivity contribution in [2.45, 2.75) is 0 Å². The summed E-state index contributed by atoms with van der Waals surface area (Å²) in [4.78, 5) is 15.9. The minimum atomic E-state index is -0.221. The maximum absolute atomic E-state index is 11.9. The SMILES string of the molecule is Cn1cnnc1-c1cccc(NC(=O)c2cscn2)c1. The van der Waals surface area contributed by atoms with Crippen LogP contribution in [0.3, 0.4) is 0 Å². The third-order valence-electron chi connectivity index (χ3n) is 2.75. The van der Waals surface area contributed by atoms with Gasteiger partial charge in [-0.15, -0.1) is 21.5 Å². The van der Waals surface area contributed by atoms with Crippen LogP contribution in [0.15, 0.2) is 41.5 Å². The lowest BCUT2D eigenvalue weighted by Gasteiger charge is -2.06. The molecule has 1 amide bonds. The molecule has 20 heavy (non-hydrogen) atoms. The molecule has 0 atom stereocenters. The maximum Gasteiger partial charge on any atom is 0.275 e. The molecule has 0 aliphatic heterocycles. The first kappa shape index (κ1) is 12.5. The van der Waals surface area contributed by atoms with Gasteiger partial charge >= 0.3 is 0 Å². The molecule has 3 rings (SSSR count). The Morgan fingerprint density at radius 3 is 3.00 bits per heavy atom. The van der Waals surface area contributed by atoms with Gasteiger partial charge in [-0.2, -0.15) is 0 Å². The molecule has 0 unspecified atom stereocenters. The third-order valence-corrected chi connectivity index (χ3v) is 3.34. The van der Waals surface area contributed by atoms with Crippen molar-refractivity contribution in [1.82, 2.24) is 19.7 Å². The lowest BCUT2D eigenvalue weighted by Crippen LogP contribution is -2.12. The van der Waals surface area contributed by atoms with Crippen molar-refractivity contribution in [2.24, 2.45) is 7.05 Å². The summed E-state index contributed by atoms with van der Waals surface area (Å²) in [5, 5.41) is 12.4. The van der Waals surface area contributed by atoms with Gasteiger partial charge in [0, 0.05) is 23.7 Å². The summed E-state index contributed by atoms with van der Waals surface area (Å²) in [7, 11) is 1.87. The number of anilines is 1. The predicted molar refractivity (Wildman–Crippen MR) is 76.5 cm³/mol. The van der Waals surface area contributed by atoms with Crippen LogP contribution in [0.1, 0.15) is 10.5 Å². The number of nitrogens with one attached hydrogen (secondary N) is 1. The van der Waals surface area contributed by atoms with E-state index >= 15 is 0 Å². The Kier molecular flexibility index (Phi) is 3.26. The minimum Gasteiger partial charge on any atom is -0.321 e. The first-order valence-corrected chi connectivity index (χ1v) is 6.82. The summed E-state index contributed by atoms with van der Waals surface area (Å²) in [6.45, 7) is 0. The van der Waals surface area contributed by atoms with Crippen molar-refractivity contribution in [1.29, 1.82) is 0 Å². The smallest absolute Gasteiger partial charge is 0.275 e. The highest BCUT2D eigenvalue weighted by atomic mass is 32.1. The number of thiazole rings is 1. The molecule has 0 fully saturated rings. The number of benzene rings is 1. The summed E-state index contributed by atoms with van der Waals surface area (Å²) in [5.74, 6) is 0.524. The number of amides is 1. The summed E-state index contributed by atoms with van der Waals surface area (Å²) in [6.07, 6.45) is 1.63. The zero-order valence-electron chi connectivity index (χ0n) is 10.6.